The van der Waals surface area contributed by atoms with Crippen LogP contribution in [0, 0.1) is 27.3 Å². The van der Waals surface area contributed by atoms with Crippen molar-refractivity contribution in [1.29, 1.82) is 5.26 Å². The van der Waals surface area contributed by atoms with Crippen molar-refractivity contribution in [3.8, 4) is 17.6 Å². The standard InChI is InChI=1S/C17H13FN2O4/c1-23-16-6-3-11(9-17(16)24-2)13(10-19)7-12-8-14(20(21)22)4-5-15(12)18/h3-9H,1-2H3. The Hall–Kier alpha value is -3.40. The van der Waals surface area contributed by atoms with Gasteiger partial charge in [0.25, 0.3) is 5.69 Å². The molecule has 0 radical (unpaired) electrons. The molecule has 0 saturated heterocycles. The zero-order chi connectivity index (χ0) is 17.7. The van der Waals surface area contributed by atoms with Crippen molar-refractivity contribution in [2.45, 2.75) is 0 Å². The van der Waals surface area contributed by atoms with Gasteiger partial charge in [-0.3, -0.25) is 10.1 Å². The van der Waals surface area contributed by atoms with Gasteiger partial charge in [0.15, 0.2) is 11.5 Å². The van der Waals surface area contributed by atoms with Gasteiger partial charge < -0.3 is 9.47 Å². The minimum absolute atomic E-state index is 0.0458. The number of non-ortho nitro benzene ring substituents is 1. The minimum Gasteiger partial charge on any atom is -0.493 e. The fraction of sp³-hybridized carbons (Fsp3) is 0.118. The first-order valence-corrected chi connectivity index (χ1v) is 6.78. The quantitative estimate of drug-likeness (QED) is 0.360. The Bertz CT molecular complexity index is 856. The lowest BCUT2D eigenvalue weighted by atomic mass is 10.0. The molecule has 0 aliphatic heterocycles. The van der Waals surface area contributed by atoms with Crippen LogP contribution in [-0.2, 0) is 0 Å². The SMILES string of the molecule is COc1ccc(C(C#N)=Cc2cc([N+](=O)[O-])ccc2F)cc1OC. The van der Waals surface area contributed by atoms with Crippen LogP contribution in [-0.4, -0.2) is 19.1 Å². The molecule has 0 aromatic heterocycles. The number of nitro benzene ring substituents is 1. The second kappa shape index (κ2) is 7.24. The summed E-state index contributed by atoms with van der Waals surface area (Å²) in [7, 11) is 2.94. The van der Waals surface area contributed by atoms with Crippen LogP contribution in [0.4, 0.5) is 10.1 Å². The number of hydrogen-bond acceptors (Lipinski definition) is 5. The van der Waals surface area contributed by atoms with Crippen LogP contribution in [0.2, 0.25) is 0 Å². The monoisotopic (exact) mass is 328 g/mol. The number of nitro groups is 1. The van der Waals surface area contributed by atoms with E-state index in [-0.39, 0.29) is 16.8 Å². The van der Waals surface area contributed by atoms with Crippen LogP contribution in [0.1, 0.15) is 11.1 Å². The maximum Gasteiger partial charge on any atom is 0.270 e. The van der Waals surface area contributed by atoms with Crippen LogP contribution < -0.4 is 9.47 Å². The van der Waals surface area contributed by atoms with E-state index in [1.807, 2.05) is 6.07 Å². The number of ether oxygens (including phenoxy) is 2. The Kier molecular flexibility index (Phi) is 5.12. The molecule has 0 spiro atoms. The van der Waals surface area contributed by atoms with Crippen molar-refractivity contribution in [2.75, 3.05) is 14.2 Å². The van der Waals surface area contributed by atoms with E-state index in [1.165, 1.54) is 20.3 Å². The summed E-state index contributed by atoms with van der Waals surface area (Å²) in [5, 5.41) is 20.2. The highest BCUT2D eigenvalue weighted by molar-refractivity contribution is 5.90. The molecular weight excluding hydrogens is 315 g/mol. The molecule has 0 atom stereocenters. The van der Waals surface area contributed by atoms with Gasteiger partial charge in [-0.1, -0.05) is 0 Å². The van der Waals surface area contributed by atoms with Crippen LogP contribution in [0.3, 0.4) is 0 Å². The lowest BCUT2D eigenvalue weighted by Gasteiger charge is -2.09. The number of methoxy groups -OCH3 is 2. The number of halogens is 1. The van der Waals surface area contributed by atoms with Crippen LogP contribution in [0.25, 0.3) is 11.6 Å². The highest BCUT2D eigenvalue weighted by Gasteiger charge is 2.12. The molecule has 0 fully saturated rings. The first-order chi connectivity index (χ1) is 11.5. The number of nitrogens with zero attached hydrogens (tertiary/aromatic N) is 2. The Labute approximate surface area is 137 Å². The highest BCUT2D eigenvalue weighted by Crippen LogP contribution is 2.31. The molecule has 2 rings (SSSR count). The van der Waals surface area contributed by atoms with E-state index in [1.54, 1.807) is 18.2 Å². The van der Waals surface area contributed by atoms with Gasteiger partial charge in [-0.2, -0.15) is 5.26 Å². The molecule has 24 heavy (non-hydrogen) atoms. The van der Waals surface area contributed by atoms with Crippen molar-refractivity contribution < 1.29 is 18.8 Å². The van der Waals surface area contributed by atoms with Gasteiger partial charge in [0.05, 0.1) is 30.8 Å². The van der Waals surface area contributed by atoms with E-state index in [0.29, 0.717) is 17.1 Å². The van der Waals surface area contributed by atoms with E-state index in [4.69, 9.17) is 9.47 Å². The molecule has 2 aromatic rings. The van der Waals surface area contributed by atoms with Gasteiger partial charge in [-0.25, -0.2) is 4.39 Å². The summed E-state index contributed by atoms with van der Waals surface area (Å²) in [6, 6.07) is 9.90. The molecule has 2 aromatic carbocycles. The molecule has 0 saturated carbocycles. The number of benzene rings is 2. The fourth-order valence-electron chi connectivity index (χ4n) is 2.09. The summed E-state index contributed by atoms with van der Waals surface area (Å²) in [6.45, 7) is 0. The van der Waals surface area contributed by atoms with Crippen LogP contribution in [0.15, 0.2) is 36.4 Å². The molecule has 0 unspecified atom stereocenters. The Morgan fingerprint density at radius 1 is 1.21 bits per heavy atom. The van der Waals surface area contributed by atoms with Gasteiger partial charge in [0, 0.05) is 17.7 Å². The Morgan fingerprint density at radius 2 is 1.92 bits per heavy atom. The number of hydrogen-bond donors (Lipinski definition) is 0. The highest BCUT2D eigenvalue weighted by atomic mass is 19.1. The molecule has 0 heterocycles. The fourth-order valence-corrected chi connectivity index (χ4v) is 2.09. The average Bonchev–Trinajstić information content (AvgIpc) is 2.60. The summed E-state index contributed by atoms with van der Waals surface area (Å²) in [4.78, 5) is 10.2. The van der Waals surface area contributed by atoms with E-state index < -0.39 is 10.7 Å². The summed E-state index contributed by atoms with van der Waals surface area (Å²) in [5.41, 5.74) is 0.305. The van der Waals surface area contributed by atoms with Gasteiger partial charge >= 0.3 is 0 Å². The van der Waals surface area contributed by atoms with Crippen LogP contribution >= 0.6 is 0 Å². The third kappa shape index (κ3) is 3.50. The van der Waals surface area contributed by atoms with Crippen LogP contribution in [0.5, 0.6) is 11.5 Å². The minimum atomic E-state index is -0.658. The van der Waals surface area contributed by atoms with Gasteiger partial charge in [0.1, 0.15) is 5.82 Å². The molecule has 0 N–H and O–H groups in total. The predicted molar refractivity (Wildman–Crippen MR) is 86.1 cm³/mol. The van der Waals surface area contributed by atoms with Gasteiger partial charge in [0.2, 0.25) is 0 Å². The molecule has 6 nitrogen and oxygen atoms in total. The maximum absolute atomic E-state index is 13.9. The summed E-state index contributed by atoms with van der Waals surface area (Å²) < 4.78 is 24.2. The zero-order valence-electron chi connectivity index (χ0n) is 12.9. The zero-order valence-corrected chi connectivity index (χ0v) is 12.9. The van der Waals surface area contributed by atoms with E-state index in [9.17, 15) is 19.8 Å². The maximum atomic E-state index is 13.9. The molecule has 0 aliphatic rings. The van der Waals surface area contributed by atoms with Gasteiger partial charge in [-0.15, -0.1) is 0 Å². The molecule has 0 aliphatic carbocycles. The second-order valence-electron chi connectivity index (χ2n) is 4.70. The van der Waals surface area contributed by atoms with Crippen molar-refractivity contribution >= 4 is 17.3 Å². The van der Waals surface area contributed by atoms with Crippen molar-refractivity contribution in [3.05, 3.63) is 63.5 Å². The topological polar surface area (TPSA) is 85.4 Å². The average molecular weight is 328 g/mol. The first-order valence-electron chi connectivity index (χ1n) is 6.78. The summed E-state index contributed by atoms with van der Waals surface area (Å²) in [5.74, 6) is 0.240. The molecule has 122 valence electrons. The first kappa shape index (κ1) is 17.0. The number of nitriles is 1. The Morgan fingerprint density at radius 3 is 2.50 bits per heavy atom. The number of allylic oxidation sites excluding steroid dienone is 1. The van der Waals surface area contributed by atoms with Gasteiger partial charge in [-0.05, 0) is 35.9 Å². The smallest absolute Gasteiger partial charge is 0.270 e. The molecular formula is C17H13FN2O4. The van der Waals surface area contributed by atoms with E-state index in [2.05, 4.69) is 0 Å². The molecule has 7 heteroatoms. The van der Waals surface area contributed by atoms with E-state index in [0.717, 1.165) is 18.2 Å². The Balaban J connectivity index is 2.53. The normalized spacial score (nSPS) is 10.8. The molecule has 0 amide bonds. The van der Waals surface area contributed by atoms with Crippen molar-refractivity contribution in [1.82, 2.24) is 0 Å². The lowest BCUT2D eigenvalue weighted by molar-refractivity contribution is -0.384. The largest absolute Gasteiger partial charge is 0.493 e. The summed E-state index contributed by atoms with van der Waals surface area (Å²) >= 11 is 0. The lowest BCUT2D eigenvalue weighted by Crippen LogP contribution is -1.93. The predicted octanol–water partition coefficient (Wildman–Crippen LogP) is 3.82. The third-order valence-electron chi connectivity index (χ3n) is 3.31. The second-order valence-corrected chi connectivity index (χ2v) is 4.70. The number of rotatable bonds is 5. The molecule has 0 bridgehead atoms. The summed E-state index contributed by atoms with van der Waals surface area (Å²) in [6.07, 6.45) is 1.25. The van der Waals surface area contributed by atoms with Crippen molar-refractivity contribution in [2.24, 2.45) is 0 Å². The third-order valence-corrected chi connectivity index (χ3v) is 3.31. The van der Waals surface area contributed by atoms with E-state index >= 15 is 0 Å². The van der Waals surface area contributed by atoms with Crippen molar-refractivity contribution in [3.63, 3.8) is 0 Å².